The zero-order valence-electron chi connectivity index (χ0n) is 15.7. The molecule has 0 radical (unpaired) electrons. The highest BCUT2D eigenvalue weighted by molar-refractivity contribution is 6.30. The molecule has 0 fully saturated rings. The van der Waals surface area contributed by atoms with Gasteiger partial charge in [-0.05, 0) is 17.7 Å². The predicted octanol–water partition coefficient (Wildman–Crippen LogP) is 1.11. The van der Waals surface area contributed by atoms with E-state index < -0.39 is 37.1 Å². The lowest BCUT2D eigenvalue weighted by atomic mass is 10.0. The summed E-state index contributed by atoms with van der Waals surface area (Å²) in [5.41, 5.74) is 2.52. The molecule has 0 aliphatic carbocycles. The molecule has 1 aliphatic rings. The summed E-state index contributed by atoms with van der Waals surface area (Å²) < 4.78 is 11.6. The summed E-state index contributed by atoms with van der Waals surface area (Å²) in [5.74, 6) is -2.23. The fourth-order valence-electron chi connectivity index (χ4n) is 3.21. The molecule has 0 saturated carbocycles. The smallest absolute Gasteiger partial charge is 0.329 e. The van der Waals surface area contributed by atoms with Gasteiger partial charge in [0.1, 0.15) is 19.3 Å². The molecule has 2 heterocycles. The lowest BCUT2D eigenvalue weighted by molar-refractivity contribution is -0.157. The third-order valence-electron chi connectivity index (χ3n) is 4.63. The largest absolute Gasteiger partial charge is 0.480 e. The van der Waals surface area contributed by atoms with Crippen molar-refractivity contribution in [3.8, 4) is 0 Å². The van der Waals surface area contributed by atoms with Gasteiger partial charge in [-0.1, -0.05) is 23.7 Å². The van der Waals surface area contributed by atoms with Gasteiger partial charge in [0.15, 0.2) is 0 Å². The van der Waals surface area contributed by atoms with E-state index in [-0.39, 0.29) is 13.0 Å². The van der Waals surface area contributed by atoms with E-state index in [1.165, 1.54) is 12.0 Å². The second-order valence-corrected chi connectivity index (χ2v) is 6.98. The van der Waals surface area contributed by atoms with Crippen molar-refractivity contribution in [1.82, 2.24) is 14.5 Å². The minimum atomic E-state index is -1.18. The number of fused-ring (bicyclic) bond motifs is 1. The van der Waals surface area contributed by atoms with E-state index >= 15 is 0 Å². The van der Waals surface area contributed by atoms with E-state index in [9.17, 15) is 14.4 Å². The molecule has 1 aromatic heterocycles. The third kappa shape index (κ3) is 4.93. The molecular formula is C19H20ClN3O6. The van der Waals surface area contributed by atoms with E-state index in [2.05, 4.69) is 4.98 Å². The molecule has 1 amide bonds. The molecule has 0 spiro atoms. The molecule has 154 valence electrons. The van der Waals surface area contributed by atoms with Crippen LogP contribution in [0.3, 0.4) is 0 Å². The number of carboxylic acid groups (broad SMARTS) is 1. The summed E-state index contributed by atoms with van der Waals surface area (Å²) in [6.07, 6.45) is 1.88. The normalized spacial score (nSPS) is 15.7. The first-order valence-electron chi connectivity index (χ1n) is 8.83. The summed E-state index contributed by atoms with van der Waals surface area (Å²) in [6.45, 7) is -0.374. The van der Waals surface area contributed by atoms with Crippen LogP contribution in [-0.2, 0) is 43.4 Å². The second-order valence-electron chi connectivity index (χ2n) is 6.54. The number of methoxy groups -OCH3 is 1. The van der Waals surface area contributed by atoms with Gasteiger partial charge in [0, 0.05) is 18.0 Å². The van der Waals surface area contributed by atoms with Crippen molar-refractivity contribution >= 4 is 29.4 Å². The van der Waals surface area contributed by atoms with E-state index in [1.807, 2.05) is 16.7 Å². The number of rotatable bonds is 7. The number of ether oxygens (including phenoxy) is 2. The number of carbonyl (C=O) groups excluding carboxylic acids is 2. The Morgan fingerprint density at radius 2 is 1.97 bits per heavy atom. The van der Waals surface area contributed by atoms with Crippen LogP contribution in [0.15, 0.2) is 30.6 Å². The van der Waals surface area contributed by atoms with E-state index in [0.29, 0.717) is 17.3 Å². The van der Waals surface area contributed by atoms with Crippen molar-refractivity contribution in [2.45, 2.75) is 25.6 Å². The number of halogens is 1. The monoisotopic (exact) mass is 421 g/mol. The Morgan fingerprint density at radius 1 is 1.24 bits per heavy atom. The van der Waals surface area contributed by atoms with Gasteiger partial charge in [0.2, 0.25) is 5.91 Å². The minimum Gasteiger partial charge on any atom is -0.480 e. The number of imidazole rings is 1. The highest BCUT2D eigenvalue weighted by Gasteiger charge is 2.37. The molecule has 9 nitrogen and oxygen atoms in total. The molecular weight excluding hydrogens is 402 g/mol. The number of hydrogen-bond donors (Lipinski definition) is 1. The number of nitrogens with zero attached hydrogens (tertiary/aromatic N) is 3. The molecule has 0 saturated heterocycles. The Bertz CT molecular complexity index is 911. The van der Waals surface area contributed by atoms with E-state index in [4.69, 9.17) is 26.2 Å². The first-order chi connectivity index (χ1) is 13.9. The van der Waals surface area contributed by atoms with Crippen molar-refractivity contribution in [3.63, 3.8) is 0 Å². The maximum Gasteiger partial charge on any atom is 0.329 e. The number of carbonyl (C=O) groups is 3. The first-order valence-corrected chi connectivity index (χ1v) is 9.21. The van der Waals surface area contributed by atoms with Gasteiger partial charge in [-0.15, -0.1) is 0 Å². The average Bonchev–Trinajstić information content (AvgIpc) is 3.09. The van der Waals surface area contributed by atoms with Crippen LogP contribution >= 0.6 is 11.6 Å². The summed E-state index contributed by atoms with van der Waals surface area (Å²) >= 11 is 5.93. The molecule has 10 heteroatoms. The van der Waals surface area contributed by atoms with Gasteiger partial charge in [0.25, 0.3) is 0 Å². The molecule has 1 atom stereocenters. The van der Waals surface area contributed by atoms with Crippen LogP contribution in [0.1, 0.15) is 17.0 Å². The van der Waals surface area contributed by atoms with Crippen LogP contribution in [0.2, 0.25) is 5.02 Å². The SMILES string of the molecule is COC(=O)C1Cc2ncn(Cc3ccc(Cl)cc3)c2CN1C(=O)COCC(=O)O. The maximum absolute atomic E-state index is 12.6. The van der Waals surface area contributed by atoms with Crippen LogP contribution in [0.4, 0.5) is 0 Å². The molecule has 2 aromatic rings. The average molecular weight is 422 g/mol. The topological polar surface area (TPSA) is 111 Å². The van der Waals surface area contributed by atoms with E-state index in [1.54, 1.807) is 18.5 Å². The summed E-state index contributed by atoms with van der Waals surface area (Å²) in [7, 11) is 1.25. The summed E-state index contributed by atoms with van der Waals surface area (Å²) in [4.78, 5) is 41.2. The number of aromatic nitrogens is 2. The zero-order valence-corrected chi connectivity index (χ0v) is 16.5. The van der Waals surface area contributed by atoms with Crippen molar-refractivity contribution in [2.75, 3.05) is 20.3 Å². The quantitative estimate of drug-likeness (QED) is 0.666. The molecule has 3 rings (SSSR count). The van der Waals surface area contributed by atoms with Crippen LogP contribution in [0.25, 0.3) is 0 Å². The second kappa shape index (κ2) is 9.06. The Labute approximate surface area is 171 Å². The highest BCUT2D eigenvalue weighted by atomic mass is 35.5. The Balaban J connectivity index is 1.81. The lowest BCUT2D eigenvalue weighted by Gasteiger charge is -2.34. The Kier molecular flexibility index (Phi) is 6.50. The fraction of sp³-hybridized carbons (Fsp3) is 0.368. The number of esters is 1. The minimum absolute atomic E-state index is 0.137. The van der Waals surface area contributed by atoms with Crippen molar-refractivity contribution in [1.29, 1.82) is 0 Å². The number of benzene rings is 1. The third-order valence-corrected chi connectivity index (χ3v) is 4.88. The summed E-state index contributed by atoms with van der Waals surface area (Å²) in [5, 5.41) is 9.31. The molecule has 1 aliphatic heterocycles. The number of carboxylic acids is 1. The summed E-state index contributed by atoms with van der Waals surface area (Å²) in [6, 6.07) is 6.55. The predicted molar refractivity (Wildman–Crippen MR) is 101 cm³/mol. The van der Waals surface area contributed by atoms with Crippen molar-refractivity contribution < 1.29 is 29.0 Å². The van der Waals surface area contributed by atoms with Gasteiger partial charge in [-0.3, -0.25) is 4.79 Å². The van der Waals surface area contributed by atoms with Crippen molar-refractivity contribution in [3.05, 3.63) is 52.6 Å². The van der Waals surface area contributed by atoms with Gasteiger partial charge in [-0.2, -0.15) is 0 Å². The highest BCUT2D eigenvalue weighted by Crippen LogP contribution is 2.24. The molecule has 0 bridgehead atoms. The maximum atomic E-state index is 12.6. The lowest BCUT2D eigenvalue weighted by Crippen LogP contribution is -2.50. The number of amides is 1. The van der Waals surface area contributed by atoms with Crippen LogP contribution < -0.4 is 0 Å². The standard InChI is InChI=1S/C19H20ClN3O6/c1-28-19(27)15-6-14-16(8-23(15)17(24)9-29-10-18(25)26)22(11-21-14)7-12-2-4-13(20)5-3-12/h2-5,11,15H,6-10H2,1H3,(H,25,26). The van der Waals surface area contributed by atoms with Gasteiger partial charge >= 0.3 is 11.9 Å². The molecule has 29 heavy (non-hydrogen) atoms. The Morgan fingerprint density at radius 3 is 2.62 bits per heavy atom. The Hall–Kier alpha value is -2.91. The fourth-order valence-corrected chi connectivity index (χ4v) is 3.33. The van der Waals surface area contributed by atoms with Crippen LogP contribution in [0.5, 0.6) is 0 Å². The molecule has 1 unspecified atom stereocenters. The van der Waals surface area contributed by atoms with Crippen LogP contribution in [0, 0.1) is 0 Å². The zero-order chi connectivity index (χ0) is 21.0. The van der Waals surface area contributed by atoms with E-state index in [0.717, 1.165) is 11.3 Å². The van der Waals surface area contributed by atoms with Gasteiger partial charge < -0.3 is 24.0 Å². The van der Waals surface area contributed by atoms with Gasteiger partial charge in [0.05, 0.1) is 31.4 Å². The molecule has 1 N–H and O–H groups in total. The van der Waals surface area contributed by atoms with Gasteiger partial charge in [-0.25, -0.2) is 14.6 Å². The molecule has 1 aromatic carbocycles. The number of hydrogen-bond acceptors (Lipinski definition) is 6. The van der Waals surface area contributed by atoms with Crippen LogP contribution in [-0.4, -0.2) is 63.8 Å². The van der Waals surface area contributed by atoms with Crippen molar-refractivity contribution in [2.24, 2.45) is 0 Å². The first kappa shape index (κ1) is 20.8. The number of aliphatic carboxylic acids is 1.